The van der Waals surface area contributed by atoms with Crippen LogP contribution in [-0.2, 0) is 11.3 Å². The van der Waals surface area contributed by atoms with Crippen molar-refractivity contribution in [2.75, 3.05) is 0 Å². The number of carbonyl (C=O) groups excluding carboxylic acids is 1. The summed E-state index contributed by atoms with van der Waals surface area (Å²) in [4.78, 5) is 18.2. The third-order valence-corrected chi connectivity index (χ3v) is 5.63. The lowest BCUT2D eigenvalue weighted by Gasteiger charge is -2.36. The summed E-state index contributed by atoms with van der Waals surface area (Å²) in [7, 11) is 0. The molecule has 4 rings (SSSR count). The van der Waals surface area contributed by atoms with Crippen LogP contribution in [0.1, 0.15) is 49.1 Å². The minimum atomic E-state index is -0.487. The summed E-state index contributed by atoms with van der Waals surface area (Å²) in [6, 6.07) is 8.13. The molecule has 1 aliphatic heterocycles. The number of hydrogen-bond acceptors (Lipinski definition) is 2. The van der Waals surface area contributed by atoms with E-state index in [1.807, 2.05) is 12.2 Å². The van der Waals surface area contributed by atoms with Crippen molar-refractivity contribution in [3.8, 4) is 0 Å². The fourth-order valence-electron chi connectivity index (χ4n) is 4.46. The molecule has 0 spiro atoms. The quantitative estimate of drug-likeness (QED) is 0.847. The zero-order valence-corrected chi connectivity index (χ0v) is 13.9. The van der Waals surface area contributed by atoms with Crippen molar-refractivity contribution in [1.82, 2.24) is 5.06 Å². The summed E-state index contributed by atoms with van der Waals surface area (Å²) in [5, 5.41) is 1.46. The molecule has 4 nitrogen and oxygen atoms in total. The smallest absolute Gasteiger partial charge is 0.348 e. The van der Waals surface area contributed by atoms with E-state index in [0.717, 1.165) is 44.3 Å². The van der Waals surface area contributed by atoms with E-state index < -0.39 is 6.03 Å². The molecule has 2 amide bonds. The van der Waals surface area contributed by atoms with Gasteiger partial charge in [-0.25, -0.2) is 4.79 Å². The highest BCUT2D eigenvalue weighted by Gasteiger charge is 2.39. The zero-order valence-electron chi connectivity index (χ0n) is 13.9. The van der Waals surface area contributed by atoms with E-state index in [1.165, 1.54) is 16.2 Å². The first-order chi connectivity index (χ1) is 11.7. The Morgan fingerprint density at radius 3 is 2.96 bits per heavy atom. The lowest BCUT2D eigenvalue weighted by atomic mass is 9.76. The SMILES string of the molecule is NC(=O)N1OC2=CC=CCC2CCC1C1CCCc2ccccc21. The molecule has 0 aromatic heterocycles. The van der Waals surface area contributed by atoms with E-state index in [9.17, 15) is 4.79 Å². The average Bonchev–Trinajstić information content (AvgIpc) is 2.81. The van der Waals surface area contributed by atoms with Crippen molar-refractivity contribution in [1.29, 1.82) is 0 Å². The predicted molar refractivity (Wildman–Crippen MR) is 93.0 cm³/mol. The second kappa shape index (κ2) is 6.34. The normalized spacial score (nSPS) is 28.9. The maximum Gasteiger partial charge on any atom is 0.348 e. The van der Waals surface area contributed by atoms with Gasteiger partial charge in [0, 0.05) is 11.8 Å². The first-order valence-electron chi connectivity index (χ1n) is 8.95. The van der Waals surface area contributed by atoms with Crippen LogP contribution in [0.3, 0.4) is 0 Å². The molecular weight excluding hydrogens is 300 g/mol. The van der Waals surface area contributed by atoms with Crippen molar-refractivity contribution in [2.45, 2.75) is 50.5 Å². The van der Waals surface area contributed by atoms with Crippen molar-refractivity contribution >= 4 is 6.03 Å². The van der Waals surface area contributed by atoms with E-state index in [4.69, 9.17) is 10.6 Å². The Hall–Kier alpha value is -2.23. The van der Waals surface area contributed by atoms with Gasteiger partial charge in [-0.05, 0) is 55.7 Å². The molecule has 3 aliphatic rings. The van der Waals surface area contributed by atoms with Crippen LogP contribution in [0, 0.1) is 5.92 Å². The molecule has 2 N–H and O–H groups in total. The number of amides is 2. The van der Waals surface area contributed by atoms with Gasteiger partial charge in [-0.3, -0.25) is 0 Å². The summed E-state index contributed by atoms with van der Waals surface area (Å²) in [6.07, 6.45) is 12.4. The molecule has 1 heterocycles. The van der Waals surface area contributed by atoms with E-state index in [2.05, 4.69) is 30.3 Å². The summed E-state index contributed by atoms with van der Waals surface area (Å²) in [5.41, 5.74) is 8.46. The topological polar surface area (TPSA) is 55.6 Å². The fourth-order valence-corrected chi connectivity index (χ4v) is 4.46. The van der Waals surface area contributed by atoms with Crippen LogP contribution in [0.5, 0.6) is 0 Å². The van der Waals surface area contributed by atoms with Crippen molar-refractivity contribution < 1.29 is 9.63 Å². The highest BCUT2D eigenvalue weighted by atomic mass is 16.7. The molecule has 2 aliphatic carbocycles. The summed E-state index contributed by atoms with van der Waals surface area (Å²) in [6.45, 7) is 0. The highest BCUT2D eigenvalue weighted by molar-refractivity contribution is 5.71. The molecule has 3 atom stereocenters. The van der Waals surface area contributed by atoms with Crippen molar-refractivity contribution in [3.63, 3.8) is 0 Å². The Balaban J connectivity index is 1.68. The molecule has 0 radical (unpaired) electrons. The second-order valence-corrected chi connectivity index (χ2v) is 7.03. The van der Waals surface area contributed by atoms with Gasteiger partial charge in [-0.2, -0.15) is 5.06 Å². The number of primary amides is 1. The van der Waals surface area contributed by atoms with Crippen LogP contribution in [-0.4, -0.2) is 17.1 Å². The van der Waals surface area contributed by atoms with Crippen molar-refractivity contribution in [2.24, 2.45) is 11.7 Å². The van der Waals surface area contributed by atoms with Crippen LogP contribution >= 0.6 is 0 Å². The molecule has 0 saturated carbocycles. The van der Waals surface area contributed by atoms with E-state index in [0.29, 0.717) is 11.8 Å². The van der Waals surface area contributed by atoms with Gasteiger partial charge >= 0.3 is 6.03 Å². The third kappa shape index (κ3) is 2.70. The minimum Gasteiger partial charge on any atom is -0.379 e. The first kappa shape index (κ1) is 15.3. The number of allylic oxidation sites excluding steroid dienone is 4. The Kier molecular flexibility index (Phi) is 4.05. The monoisotopic (exact) mass is 324 g/mol. The molecule has 126 valence electrons. The Labute approximate surface area is 142 Å². The maximum atomic E-state index is 12.1. The number of urea groups is 1. The largest absolute Gasteiger partial charge is 0.379 e. The zero-order chi connectivity index (χ0) is 16.5. The Morgan fingerprint density at radius 2 is 2.08 bits per heavy atom. The first-order valence-corrected chi connectivity index (χ1v) is 8.95. The standard InChI is InChI=1S/C20H24N2O2/c21-20(23)22-18(13-12-15-7-2-4-11-19(15)24-22)17-10-5-8-14-6-1-3-9-16(14)17/h1-4,6,9,11,15,17-18H,5,7-8,10,12-13H2,(H2,21,23). The van der Waals surface area contributed by atoms with Crippen LogP contribution in [0.15, 0.2) is 48.3 Å². The van der Waals surface area contributed by atoms with Gasteiger partial charge < -0.3 is 10.6 Å². The summed E-state index contributed by atoms with van der Waals surface area (Å²) >= 11 is 0. The molecule has 3 unspecified atom stereocenters. The van der Waals surface area contributed by atoms with Gasteiger partial charge in [0.05, 0.1) is 6.04 Å². The number of aryl methyl sites for hydroxylation is 1. The maximum absolute atomic E-state index is 12.1. The molecule has 1 saturated heterocycles. The van der Waals surface area contributed by atoms with Gasteiger partial charge in [-0.1, -0.05) is 36.4 Å². The van der Waals surface area contributed by atoms with E-state index in [1.54, 1.807) is 0 Å². The van der Waals surface area contributed by atoms with E-state index >= 15 is 0 Å². The number of hydrogen-bond donors (Lipinski definition) is 1. The lowest BCUT2D eigenvalue weighted by Crippen LogP contribution is -2.46. The molecule has 1 fully saturated rings. The number of fused-ring (bicyclic) bond motifs is 2. The van der Waals surface area contributed by atoms with E-state index in [-0.39, 0.29) is 6.04 Å². The summed E-state index contributed by atoms with van der Waals surface area (Å²) in [5.74, 6) is 1.54. The predicted octanol–water partition coefficient (Wildman–Crippen LogP) is 4.04. The number of benzene rings is 1. The highest BCUT2D eigenvalue weighted by Crippen LogP contribution is 2.41. The summed E-state index contributed by atoms with van der Waals surface area (Å²) < 4.78 is 0. The molecule has 4 heteroatoms. The molecule has 24 heavy (non-hydrogen) atoms. The van der Waals surface area contributed by atoms with Crippen molar-refractivity contribution in [3.05, 3.63) is 59.4 Å². The number of nitrogens with two attached hydrogens (primary N) is 1. The number of carbonyl (C=O) groups is 1. The second-order valence-electron chi connectivity index (χ2n) is 7.03. The van der Waals surface area contributed by atoms with Gasteiger partial charge in [0.15, 0.2) is 0 Å². The van der Waals surface area contributed by atoms with Gasteiger partial charge in [-0.15, -0.1) is 0 Å². The van der Waals surface area contributed by atoms with Gasteiger partial charge in [0.2, 0.25) is 0 Å². The number of nitrogens with zero attached hydrogens (tertiary/aromatic N) is 1. The molecular formula is C20H24N2O2. The average molecular weight is 324 g/mol. The van der Waals surface area contributed by atoms with Crippen LogP contribution < -0.4 is 5.73 Å². The minimum absolute atomic E-state index is 0.00968. The van der Waals surface area contributed by atoms with Crippen LogP contribution in [0.4, 0.5) is 4.79 Å². The number of hydroxylamine groups is 2. The van der Waals surface area contributed by atoms with Crippen LogP contribution in [0.2, 0.25) is 0 Å². The molecule has 1 aromatic rings. The fraction of sp³-hybridized carbons (Fsp3) is 0.450. The number of rotatable bonds is 1. The Bertz CT molecular complexity index is 695. The lowest BCUT2D eigenvalue weighted by molar-refractivity contribution is -0.109. The van der Waals surface area contributed by atoms with Gasteiger partial charge in [0.1, 0.15) is 5.76 Å². The van der Waals surface area contributed by atoms with Crippen LogP contribution in [0.25, 0.3) is 0 Å². The molecule has 1 aromatic carbocycles. The Morgan fingerprint density at radius 1 is 1.21 bits per heavy atom. The molecule has 0 bridgehead atoms. The third-order valence-electron chi connectivity index (χ3n) is 5.63. The van der Waals surface area contributed by atoms with Gasteiger partial charge in [0.25, 0.3) is 0 Å².